The molecule has 1 aliphatic rings. The Kier molecular flexibility index (Phi) is 4.79. The van der Waals surface area contributed by atoms with E-state index in [0.717, 1.165) is 9.13 Å². The minimum absolute atomic E-state index is 0.111. The van der Waals surface area contributed by atoms with Gasteiger partial charge in [-0.1, -0.05) is 35.3 Å². The van der Waals surface area contributed by atoms with Crippen molar-refractivity contribution in [3.8, 4) is 0 Å². The number of halogens is 3. The Morgan fingerprint density at radius 3 is 2.52 bits per heavy atom. The summed E-state index contributed by atoms with van der Waals surface area (Å²) in [4.78, 5) is 11.3. The molecule has 0 aromatic heterocycles. The third-order valence-electron chi connectivity index (χ3n) is 3.57. The summed E-state index contributed by atoms with van der Waals surface area (Å²) in [5, 5.41) is 16.1. The van der Waals surface area contributed by atoms with Gasteiger partial charge >= 0.3 is 5.97 Å². The van der Waals surface area contributed by atoms with Gasteiger partial charge in [0, 0.05) is 15.0 Å². The molecule has 0 saturated carbocycles. The largest absolute Gasteiger partial charge is 0.477 e. The molecule has 23 heavy (non-hydrogen) atoms. The van der Waals surface area contributed by atoms with E-state index in [9.17, 15) is 9.90 Å². The molecule has 1 atom stereocenters. The highest BCUT2D eigenvalue weighted by Crippen LogP contribution is 2.39. The minimum atomic E-state index is -1.02. The molecular formula is C16H11Cl2IN2O2. The van der Waals surface area contributed by atoms with Gasteiger partial charge in [0.1, 0.15) is 5.71 Å². The Hall–Kier alpha value is -1.31. The van der Waals surface area contributed by atoms with E-state index in [2.05, 4.69) is 27.7 Å². The van der Waals surface area contributed by atoms with E-state index in [0.29, 0.717) is 22.2 Å². The second kappa shape index (κ2) is 6.67. The lowest BCUT2D eigenvalue weighted by Crippen LogP contribution is -2.19. The molecule has 0 spiro atoms. The number of benzene rings is 2. The molecule has 2 aromatic rings. The minimum Gasteiger partial charge on any atom is -0.477 e. The van der Waals surface area contributed by atoms with Gasteiger partial charge in [-0.05, 0) is 58.5 Å². The Morgan fingerprint density at radius 2 is 1.91 bits per heavy atom. The standard InChI is InChI=1S/C16H11Cl2IN2O2/c17-10-3-6-14(12(18)7-10)21-15(8-13(20-21)16(22)23)9-1-4-11(19)5-2-9/h1-7,15H,8H2,(H,22,23). The van der Waals surface area contributed by atoms with Crippen molar-refractivity contribution in [1.29, 1.82) is 0 Å². The summed E-state index contributed by atoms with van der Waals surface area (Å²) in [5.74, 6) is -1.02. The Labute approximate surface area is 156 Å². The predicted octanol–water partition coefficient (Wildman–Crippen LogP) is 4.99. The average molecular weight is 461 g/mol. The van der Waals surface area contributed by atoms with Crippen LogP contribution in [0.15, 0.2) is 47.6 Å². The number of nitrogens with zero attached hydrogens (tertiary/aromatic N) is 2. The number of anilines is 1. The van der Waals surface area contributed by atoms with Gasteiger partial charge in [-0.3, -0.25) is 5.01 Å². The predicted molar refractivity (Wildman–Crippen MR) is 101 cm³/mol. The maximum Gasteiger partial charge on any atom is 0.352 e. The maximum absolute atomic E-state index is 11.3. The van der Waals surface area contributed by atoms with Gasteiger partial charge < -0.3 is 5.11 Å². The Morgan fingerprint density at radius 1 is 1.22 bits per heavy atom. The SMILES string of the molecule is O=C(O)C1=NN(c2ccc(Cl)cc2Cl)C(c2ccc(I)cc2)C1. The van der Waals surface area contributed by atoms with Gasteiger partial charge in [-0.2, -0.15) is 5.10 Å². The Balaban J connectivity index is 2.04. The second-order valence-electron chi connectivity index (χ2n) is 5.06. The van der Waals surface area contributed by atoms with Crippen LogP contribution in [-0.4, -0.2) is 16.8 Å². The van der Waals surface area contributed by atoms with E-state index < -0.39 is 5.97 Å². The van der Waals surface area contributed by atoms with Crippen LogP contribution < -0.4 is 5.01 Å². The first-order valence-electron chi connectivity index (χ1n) is 6.76. The topological polar surface area (TPSA) is 52.9 Å². The molecule has 0 fully saturated rings. The number of rotatable bonds is 3. The van der Waals surface area contributed by atoms with Crippen LogP contribution in [0.4, 0.5) is 5.69 Å². The van der Waals surface area contributed by atoms with Gasteiger partial charge in [-0.15, -0.1) is 0 Å². The molecule has 0 saturated heterocycles. The smallest absolute Gasteiger partial charge is 0.352 e. The number of hydrogen-bond donors (Lipinski definition) is 1. The molecule has 3 rings (SSSR count). The van der Waals surface area contributed by atoms with Crippen LogP contribution in [0.25, 0.3) is 0 Å². The zero-order valence-electron chi connectivity index (χ0n) is 11.7. The summed E-state index contributed by atoms with van der Waals surface area (Å²) >= 11 is 14.4. The lowest BCUT2D eigenvalue weighted by atomic mass is 10.0. The molecule has 7 heteroatoms. The van der Waals surface area contributed by atoms with Crippen molar-refractivity contribution in [3.63, 3.8) is 0 Å². The van der Waals surface area contributed by atoms with Crippen molar-refractivity contribution < 1.29 is 9.90 Å². The molecule has 0 aliphatic carbocycles. The van der Waals surface area contributed by atoms with Gasteiger partial charge in [0.05, 0.1) is 16.8 Å². The van der Waals surface area contributed by atoms with E-state index in [-0.39, 0.29) is 11.8 Å². The molecule has 1 N–H and O–H groups in total. The molecule has 1 unspecified atom stereocenters. The van der Waals surface area contributed by atoms with E-state index >= 15 is 0 Å². The Bertz CT molecular complexity index is 793. The number of hydrazone groups is 1. The summed E-state index contributed by atoms with van der Waals surface area (Å²) < 4.78 is 1.11. The summed E-state index contributed by atoms with van der Waals surface area (Å²) in [6.07, 6.45) is 0.314. The summed E-state index contributed by atoms with van der Waals surface area (Å²) in [6, 6.07) is 12.8. The molecule has 118 valence electrons. The monoisotopic (exact) mass is 460 g/mol. The number of carboxylic acids is 1. The fourth-order valence-corrected chi connectivity index (χ4v) is 3.33. The normalized spacial score (nSPS) is 17.3. The highest BCUT2D eigenvalue weighted by atomic mass is 127. The van der Waals surface area contributed by atoms with Crippen LogP contribution in [0.2, 0.25) is 10.0 Å². The van der Waals surface area contributed by atoms with E-state index in [1.165, 1.54) is 0 Å². The third kappa shape index (κ3) is 3.46. The van der Waals surface area contributed by atoms with Gasteiger partial charge in [-0.25, -0.2) is 4.79 Å². The fraction of sp³-hybridized carbons (Fsp3) is 0.125. The van der Waals surface area contributed by atoms with Crippen LogP contribution in [0, 0.1) is 3.57 Å². The lowest BCUT2D eigenvalue weighted by Gasteiger charge is -2.25. The van der Waals surface area contributed by atoms with Crippen LogP contribution in [0.5, 0.6) is 0 Å². The average Bonchev–Trinajstić information content (AvgIpc) is 2.93. The first-order chi connectivity index (χ1) is 11.0. The van der Waals surface area contributed by atoms with E-state index in [4.69, 9.17) is 23.2 Å². The highest BCUT2D eigenvalue weighted by molar-refractivity contribution is 14.1. The second-order valence-corrected chi connectivity index (χ2v) is 7.15. The van der Waals surface area contributed by atoms with Crippen LogP contribution in [-0.2, 0) is 4.79 Å². The van der Waals surface area contributed by atoms with Gasteiger partial charge in [0.25, 0.3) is 0 Å². The zero-order valence-corrected chi connectivity index (χ0v) is 15.4. The van der Waals surface area contributed by atoms with E-state index in [1.807, 2.05) is 24.3 Å². The first-order valence-corrected chi connectivity index (χ1v) is 8.59. The number of carboxylic acid groups (broad SMARTS) is 1. The van der Waals surface area contributed by atoms with Crippen molar-refractivity contribution >= 4 is 63.2 Å². The van der Waals surface area contributed by atoms with Crippen LogP contribution >= 0.6 is 45.8 Å². The molecule has 0 amide bonds. The zero-order chi connectivity index (χ0) is 16.6. The number of hydrogen-bond acceptors (Lipinski definition) is 3. The summed E-state index contributed by atoms with van der Waals surface area (Å²) in [6.45, 7) is 0. The number of aliphatic carboxylic acids is 1. The molecule has 2 aromatic carbocycles. The summed E-state index contributed by atoms with van der Waals surface area (Å²) in [7, 11) is 0. The van der Waals surface area contributed by atoms with Crippen molar-refractivity contribution in [2.45, 2.75) is 12.5 Å². The molecule has 1 heterocycles. The van der Waals surface area contributed by atoms with Crippen LogP contribution in [0.1, 0.15) is 18.0 Å². The molecule has 0 bridgehead atoms. The molecule has 0 radical (unpaired) electrons. The van der Waals surface area contributed by atoms with E-state index in [1.54, 1.807) is 23.2 Å². The fourth-order valence-electron chi connectivity index (χ4n) is 2.47. The van der Waals surface area contributed by atoms with Crippen molar-refractivity contribution in [2.75, 3.05) is 5.01 Å². The van der Waals surface area contributed by atoms with Gasteiger partial charge in [0.2, 0.25) is 0 Å². The first kappa shape index (κ1) is 16.5. The highest BCUT2D eigenvalue weighted by Gasteiger charge is 2.33. The van der Waals surface area contributed by atoms with Crippen LogP contribution in [0.3, 0.4) is 0 Å². The summed E-state index contributed by atoms with van der Waals surface area (Å²) in [5.41, 5.74) is 1.73. The van der Waals surface area contributed by atoms with Crippen molar-refractivity contribution in [2.24, 2.45) is 5.10 Å². The maximum atomic E-state index is 11.3. The lowest BCUT2D eigenvalue weighted by molar-refractivity contribution is -0.129. The third-order valence-corrected chi connectivity index (χ3v) is 4.83. The van der Waals surface area contributed by atoms with Gasteiger partial charge in [0.15, 0.2) is 0 Å². The number of carbonyl (C=O) groups is 1. The quantitative estimate of drug-likeness (QED) is 0.656. The molecule has 4 nitrogen and oxygen atoms in total. The molecule has 1 aliphatic heterocycles. The van der Waals surface area contributed by atoms with Crippen molar-refractivity contribution in [3.05, 3.63) is 61.6 Å². The van der Waals surface area contributed by atoms with Crippen molar-refractivity contribution in [1.82, 2.24) is 0 Å². The molecular weight excluding hydrogens is 450 g/mol.